The van der Waals surface area contributed by atoms with Crippen molar-refractivity contribution in [3.05, 3.63) is 28.2 Å². The number of hydrogen-bond donors (Lipinski definition) is 1. The van der Waals surface area contributed by atoms with Crippen molar-refractivity contribution in [1.82, 2.24) is 9.62 Å². The Labute approximate surface area is 133 Å². The van der Waals surface area contributed by atoms with E-state index in [1.54, 1.807) is 6.07 Å². The van der Waals surface area contributed by atoms with E-state index in [4.69, 9.17) is 0 Å². The van der Waals surface area contributed by atoms with E-state index in [1.807, 2.05) is 4.90 Å². The average molecular weight is 375 g/mol. The van der Waals surface area contributed by atoms with Crippen LogP contribution in [0.1, 0.15) is 36.0 Å². The van der Waals surface area contributed by atoms with E-state index in [0.717, 1.165) is 38.8 Å². The summed E-state index contributed by atoms with van der Waals surface area (Å²) < 4.78 is 26.6. The molecule has 1 aliphatic heterocycles. The van der Waals surface area contributed by atoms with Crippen LogP contribution in [0, 0.1) is 0 Å². The first-order chi connectivity index (χ1) is 9.95. The molecule has 0 atom stereocenters. The molecule has 116 valence electrons. The molecule has 0 saturated carbocycles. The molecule has 1 N–H and O–H groups in total. The predicted molar refractivity (Wildman–Crippen MR) is 84.8 cm³/mol. The van der Waals surface area contributed by atoms with Crippen molar-refractivity contribution in [2.75, 3.05) is 20.1 Å². The van der Waals surface area contributed by atoms with Crippen molar-refractivity contribution in [3.63, 3.8) is 0 Å². The number of carbonyl (C=O) groups is 1. The number of carbonyl (C=O) groups excluding carboxylic acids is 1. The minimum atomic E-state index is -3.55. The van der Waals surface area contributed by atoms with Gasteiger partial charge in [-0.05, 0) is 54.0 Å². The van der Waals surface area contributed by atoms with E-state index in [2.05, 4.69) is 20.7 Å². The highest BCUT2D eigenvalue weighted by atomic mass is 79.9. The lowest BCUT2D eigenvalue weighted by atomic mass is 10.2. The van der Waals surface area contributed by atoms with E-state index >= 15 is 0 Å². The quantitative estimate of drug-likeness (QED) is 0.882. The lowest BCUT2D eigenvalue weighted by Gasteiger charge is -2.21. The molecule has 5 nitrogen and oxygen atoms in total. The predicted octanol–water partition coefficient (Wildman–Crippen LogP) is 2.37. The second-order valence-corrected chi connectivity index (χ2v) is 7.80. The summed E-state index contributed by atoms with van der Waals surface area (Å²) >= 11 is 3.34. The molecule has 7 heteroatoms. The van der Waals surface area contributed by atoms with Gasteiger partial charge in [0.05, 0.1) is 10.5 Å². The van der Waals surface area contributed by atoms with Crippen LogP contribution in [0.5, 0.6) is 0 Å². The van der Waals surface area contributed by atoms with Gasteiger partial charge in [0.15, 0.2) is 0 Å². The van der Waals surface area contributed by atoms with E-state index in [1.165, 1.54) is 19.2 Å². The number of halogens is 1. The van der Waals surface area contributed by atoms with Gasteiger partial charge in [0.25, 0.3) is 5.91 Å². The van der Waals surface area contributed by atoms with Crippen LogP contribution < -0.4 is 4.72 Å². The summed E-state index contributed by atoms with van der Waals surface area (Å²) in [4.78, 5) is 14.5. The van der Waals surface area contributed by atoms with Crippen molar-refractivity contribution >= 4 is 31.9 Å². The number of rotatable bonds is 3. The molecule has 1 heterocycles. The molecule has 1 amide bonds. The Hall–Kier alpha value is -0.920. The number of nitrogens with one attached hydrogen (secondary N) is 1. The molecule has 1 aromatic carbocycles. The molecule has 1 fully saturated rings. The largest absolute Gasteiger partial charge is 0.339 e. The molecule has 21 heavy (non-hydrogen) atoms. The van der Waals surface area contributed by atoms with Gasteiger partial charge in [-0.2, -0.15) is 0 Å². The first kappa shape index (κ1) is 16.5. The molecule has 1 saturated heterocycles. The van der Waals surface area contributed by atoms with Crippen LogP contribution >= 0.6 is 15.9 Å². The van der Waals surface area contributed by atoms with Gasteiger partial charge in [-0.1, -0.05) is 12.8 Å². The maximum atomic E-state index is 12.6. The Balaban J connectivity index is 2.34. The maximum absolute atomic E-state index is 12.6. The molecule has 1 aromatic rings. The number of amides is 1. The third kappa shape index (κ3) is 3.84. The van der Waals surface area contributed by atoms with E-state index in [-0.39, 0.29) is 10.8 Å². The average Bonchev–Trinajstić information content (AvgIpc) is 2.76. The van der Waals surface area contributed by atoms with Crippen LogP contribution in [0.15, 0.2) is 27.6 Å². The highest BCUT2D eigenvalue weighted by molar-refractivity contribution is 9.10. The summed E-state index contributed by atoms with van der Waals surface area (Å²) in [5, 5.41) is 0. The number of benzene rings is 1. The van der Waals surface area contributed by atoms with E-state index < -0.39 is 10.0 Å². The summed E-state index contributed by atoms with van der Waals surface area (Å²) in [5.74, 6) is -0.114. The maximum Gasteiger partial charge on any atom is 0.255 e. The molecule has 0 aliphatic carbocycles. The number of nitrogens with zero attached hydrogens (tertiary/aromatic N) is 1. The van der Waals surface area contributed by atoms with Crippen molar-refractivity contribution in [2.24, 2.45) is 0 Å². The summed E-state index contributed by atoms with van der Waals surface area (Å²) in [5.41, 5.74) is 0.397. The normalized spacial score (nSPS) is 16.6. The summed E-state index contributed by atoms with van der Waals surface area (Å²) in [6, 6.07) is 4.52. The number of likely N-dealkylation sites (tertiary alicyclic amines) is 1. The zero-order valence-corrected chi connectivity index (χ0v) is 14.3. The molecule has 0 unspecified atom stereocenters. The molecule has 0 aromatic heterocycles. The zero-order chi connectivity index (χ0) is 15.5. The third-order valence-electron chi connectivity index (χ3n) is 3.64. The number of sulfonamides is 1. The standard InChI is InChI=1S/C14H19BrN2O3S/c1-16-21(19,20)11-6-7-13(15)12(10-11)14(18)17-8-4-2-3-5-9-17/h6-7,10,16H,2-5,8-9H2,1H3. The molecule has 0 bridgehead atoms. The Morgan fingerprint density at radius 3 is 2.38 bits per heavy atom. The molecule has 2 rings (SSSR count). The van der Waals surface area contributed by atoms with E-state index in [0.29, 0.717) is 10.0 Å². The van der Waals surface area contributed by atoms with Crippen LogP contribution in [-0.2, 0) is 10.0 Å². The molecule has 0 radical (unpaired) electrons. The summed E-state index contributed by atoms with van der Waals surface area (Å²) in [6.07, 6.45) is 4.27. The molecule has 0 spiro atoms. The van der Waals surface area contributed by atoms with Crippen LogP contribution in [0.4, 0.5) is 0 Å². The minimum Gasteiger partial charge on any atom is -0.339 e. The lowest BCUT2D eigenvalue weighted by Crippen LogP contribution is -2.32. The number of hydrogen-bond acceptors (Lipinski definition) is 3. The van der Waals surface area contributed by atoms with Crippen molar-refractivity contribution in [1.29, 1.82) is 0 Å². The van der Waals surface area contributed by atoms with Gasteiger partial charge in [-0.3, -0.25) is 4.79 Å². The fourth-order valence-corrected chi connectivity index (χ4v) is 3.57. The molecular weight excluding hydrogens is 356 g/mol. The van der Waals surface area contributed by atoms with Gasteiger partial charge >= 0.3 is 0 Å². The summed E-state index contributed by atoms with van der Waals surface area (Å²) in [6.45, 7) is 1.46. The summed E-state index contributed by atoms with van der Waals surface area (Å²) in [7, 11) is -2.20. The van der Waals surface area contributed by atoms with Crippen LogP contribution in [0.25, 0.3) is 0 Å². The van der Waals surface area contributed by atoms with E-state index in [9.17, 15) is 13.2 Å². The first-order valence-electron chi connectivity index (χ1n) is 6.98. The van der Waals surface area contributed by atoms with Gasteiger partial charge in [0.2, 0.25) is 10.0 Å². The lowest BCUT2D eigenvalue weighted by molar-refractivity contribution is 0.0760. The molecular formula is C14H19BrN2O3S. The van der Waals surface area contributed by atoms with Crippen LogP contribution in [0.2, 0.25) is 0 Å². The topological polar surface area (TPSA) is 66.5 Å². The second kappa shape index (κ2) is 6.89. The van der Waals surface area contributed by atoms with Gasteiger partial charge in [0.1, 0.15) is 0 Å². The monoisotopic (exact) mass is 374 g/mol. The molecule has 1 aliphatic rings. The fraction of sp³-hybridized carbons (Fsp3) is 0.500. The minimum absolute atomic E-state index is 0.103. The Morgan fingerprint density at radius 2 is 1.81 bits per heavy atom. The second-order valence-electron chi connectivity index (χ2n) is 5.06. The van der Waals surface area contributed by atoms with Gasteiger partial charge < -0.3 is 4.90 Å². The van der Waals surface area contributed by atoms with Gasteiger partial charge in [0, 0.05) is 17.6 Å². The van der Waals surface area contributed by atoms with Gasteiger partial charge in [-0.15, -0.1) is 0 Å². The van der Waals surface area contributed by atoms with Crippen molar-refractivity contribution in [2.45, 2.75) is 30.6 Å². The van der Waals surface area contributed by atoms with Crippen molar-refractivity contribution in [3.8, 4) is 0 Å². The highest BCUT2D eigenvalue weighted by Gasteiger charge is 2.22. The Kier molecular flexibility index (Phi) is 5.40. The van der Waals surface area contributed by atoms with Gasteiger partial charge in [-0.25, -0.2) is 13.1 Å². The van der Waals surface area contributed by atoms with Crippen LogP contribution in [0.3, 0.4) is 0 Å². The smallest absolute Gasteiger partial charge is 0.255 e. The first-order valence-corrected chi connectivity index (χ1v) is 9.25. The fourth-order valence-electron chi connectivity index (χ4n) is 2.40. The zero-order valence-electron chi connectivity index (χ0n) is 11.9. The Bertz CT molecular complexity index is 623. The third-order valence-corrected chi connectivity index (χ3v) is 5.74. The SMILES string of the molecule is CNS(=O)(=O)c1ccc(Br)c(C(=O)N2CCCCCC2)c1. The van der Waals surface area contributed by atoms with Crippen molar-refractivity contribution < 1.29 is 13.2 Å². The highest BCUT2D eigenvalue weighted by Crippen LogP contribution is 2.23. The van der Waals surface area contributed by atoms with Crippen LogP contribution in [-0.4, -0.2) is 39.4 Å². The Morgan fingerprint density at radius 1 is 1.19 bits per heavy atom.